The third-order valence-corrected chi connectivity index (χ3v) is 4.75. The largest absolute Gasteiger partial charge is 0.345 e. The van der Waals surface area contributed by atoms with E-state index in [9.17, 15) is 4.79 Å². The summed E-state index contributed by atoms with van der Waals surface area (Å²) in [6.45, 7) is 6.03. The summed E-state index contributed by atoms with van der Waals surface area (Å²) >= 11 is 0. The van der Waals surface area contributed by atoms with Crippen molar-refractivity contribution in [3.63, 3.8) is 0 Å². The second-order valence-electron chi connectivity index (χ2n) is 6.79. The molecule has 1 heterocycles. The standard InChI is InChI=1S/C21H26N2O.ClH/c1-15-5-3-7-18(13-15)20(19-8-4-6-16(2)14-19)23-21(24)17-9-11-22-12-10-17;/h3-8,13-14,17,20,22H,9-12H2,1-2H3,(H,23,24);1H. The normalized spacial score (nSPS) is 14.8. The Morgan fingerprint density at radius 2 is 1.52 bits per heavy atom. The van der Waals surface area contributed by atoms with E-state index in [1.165, 1.54) is 11.1 Å². The molecule has 2 N–H and O–H groups in total. The van der Waals surface area contributed by atoms with Crippen LogP contribution in [0.5, 0.6) is 0 Å². The van der Waals surface area contributed by atoms with Crippen LogP contribution < -0.4 is 10.6 Å². The van der Waals surface area contributed by atoms with Gasteiger partial charge in [-0.1, -0.05) is 59.7 Å². The Kier molecular flexibility index (Phi) is 7.03. The number of hydrogen-bond acceptors (Lipinski definition) is 2. The Bertz CT molecular complexity index is 665. The summed E-state index contributed by atoms with van der Waals surface area (Å²) in [6, 6.07) is 16.7. The summed E-state index contributed by atoms with van der Waals surface area (Å²) < 4.78 is 0. The maximum atomic E-state index is 12.8. The number of amides is 1. The van der Waals surface area contributed by atoms with E-state index in [0.29, 0.717) is 0 Å². The van der Waals surface area contributed by atoms with Crippen LogP contribution in [0.1, 0.15) is 41.1 Å². The Morgan fingerprint density at radius 1 is 1.00 bits per heavy atom. The van der Waals surface area contributed by atoms with E-state index >= 15 is 0 Å². The monoisotopic (exact) mass is 358 g/mol. The minimum atomic E-state index is -0.0906. The average molecular weight is 359 g/mol. The van der Waals surface area contributed by atoms with Gasteiger partial charge < -0.3 is 10.6 Å². The van der Waals surface area contributed by atoms with Crippen LogP contribution in [-0.4, -0.2) is 19.0 Å². The molecule has 1 saturated heterocycles. The molecule has 3 rings (SSSR count). The quantitative estimate of drug-likeness (QED) is 0.869. The number of nitrogens with one attached hydrogen (secondary N) is 2. The van der Waals surface area contributed by atoms with Crippen molar-refractivity contribution >= 4 is 18.3 Å². The lowest BCUT2D eigenvalue weighted by Crippen LogP contribution is -2.40. The van der Waals surface area contributed by atoms with Crippen molar-refractivity contribution in [3.05, 3.63) is 70.8 Å². The van der Waals surface area contributed by atoms with Gasteiger partial charge in [0.2, 0.25) is 5.91 Å². The summed E-state index contributed by atoms with van der Waals surface area (Å²) in [5, 5.41) is 6.63. The van der Waals surface area contributed by atoms with Crippen molar-refractivity contribution in [2.45, 2.75) is 32.7 Å². The van der Waals surface area contributed by atoms with Gasteiger partial charge in [-0.3, -0.25) is 4.79 Å². The summed E-state index contributed by atoms with van der Waals surface area (Å²) in [7, 11) is 0. The molecule has 0 spiro atoms. The lowest BCUT2D eigenvalue weighted by Gasteiger charge is -2.26. The molecule has 0 unspecified atom stereocenters. The first kappa shape index (κ1) is 19.5. The molecule has 2 aromatic rings. The van der Waals surface area contributed by atoms with E-state index in [4.69, 9.17) is 0 Å². The van der Waals surface area contributed by atoms with E-state index in [2.05, 4.69) is 73.0 Å². The van der Waals surface area contributed by atoms with Crippen LogP contribution in [-0.2, 0) is 4.79 Å². The van der Waals surface area contributed by atoms with E-state index < -0.39 is 0 Å². The molecular weight excluding hydrogens is 332 g/mol. The first-order valence-corrected chi connectivity index (χ1v) is 8.78. The molecule has 4 heteroatoms. The Labute approximate surface area is 156 Å². The molecule has 0 atom stereocenters. The van der Waals surface area contributed by atoms with Crippen LogP contribution in [0.4, 0.5) is 0 Å². The molecule has 0 radical (unpaired) electrons. The van der Waals surface area contributed by atoms with Crippen molar-refractivity contribution in [2.24, 2.45) is 5.92 Å². The summed E-state index contributed by atoms with van der Waals surface area (Å²) in [6.07, 6.45) is 1.83. The first-order chi connectivity index (χ1) is 11.6. The maximum absolute atomic E-state index is 12.8. The number of hydrogen-bond donors (Lipinski definition) is 2. The minimum Gasteiger partial charge on any atom is -0.345 e. The van der Waals surface area contributed by atoms with Gasteiger partial charge in [0.15, 0.2) is 0 Å². The average Bonchev–Trinajstić information content (AvgIpc) is 2.60. The number of carbonyl (C=O) groups excluding carboxylic acids is 1. The highest BCUT2D eigenvalue weighted by molar-refractivity contribution is 5.85. The van der Waals surface area contributed by atoms with Gasteiger partial charge >= 0.3 is 0 Å². The van der Waals surface area contributed by atoms with Crippen LogP contribution in [0, 0.1) is 19.8 Å². The van der Waals surface area contributed by atoms with Crippen molar-refractivity contribution < 1.29 is 4.79 Å². The number of benzene rings is 2. The Morgan fingerprint density at radius 3 is 2.00 bits per heavy atom. The van der Waals surface area contributed by atoms with Gasteiger partial charge in [-0.25, -0.2) is 0 Å². The SMILES string of the molecule is Cc1cccc(C(NC(=O)C2CCNCC2)c2cccc(C)c2)c1.Cl. The Hall–Kier alpha value is -1.84. The highest BCUT2D eigenvalue weighted by atomic mass is 35.5. The molecule has 0 saturated carbocycles. The zero-order valence-electron chi connectivity index (χ0n) is 14.9. The molecule has 25 heavy (non-hydrogen) atoms. The van der Waals surface area contributed by atoms with E-state index in [0.717, 1.165) is 37.1 Å². The lowest BCUT2D eigenvalue weighted by molar-refractivity contribution is -0.126. The molecule has 0 aliphatic carbocycles. The van der Waals surface area contributed by atoms with Crippen molar-refractivity contribution in [2.75, 3.05) is 13.1 Å². The zero-order valence-corrected chi connectivity index (χ0v) is 15.7. The molecule has 0 aromatic heterocycles. The number of rotatable bonds is 4. The maximum Gasteiger partial charge on any atom is 0.223 e. The van der Waals surface area contributed by atoms with Crippen LogP contribution in [0.15, 0.2) is 48.5 Å². The van der Waals surface area contributed by atoms with Gasteiger partial charge in [0.25, 0.3) is 0 Å². The summed E-state index contributed by atoms with van der Waals surface area (Å²) in [5.74, 6) is 0.285. The number of piperidine rings is 1. The van der Waals surface area contributed by atoms with Gasteiger partial charge in [-0.15, -0.1) is 12.4 Å². The predicted molar refractivity (Wildman–Crippen MR) is 105 cm³/mol. The second-order valence-corrected chi connectivity index (χ2v) is 6.79. The highest BCUT2D eigenvalue weighted by Gasteiger charge is 2.24. The molecule has 1 fully saturated rings. The third kappa shape index (κ3) is 5.07. The van der Waals surface area contributed by atoms with Crippen molar-refractivity contribution in [3.8, 4) is 0 Å². The Balaban J connectivity index is 0.00000225. The molecular formula is C21H27ClN2O. The summed E-state index contributed by atoms with van der Waals surface area (Å²) in [4.78, 5) is 12.8. The zero-order chi connectivity index (χ0) is 16.9. The van der Waals surface area contributed by atoms with E-state index in [1.54, 1.807) is 0 Å². The fraction of sp³-hybridized carbons (Fsp3) is 0.381. The van der Waals surface area contributed by atoms with Crippen LogP contribution in [0.3, 0.4) is 0 Å². The second kappa shape index (κ2) is 9.02. The van der Waals surface area contributed by atoms with Gasteiger partial charge in [0.1, 0.15) is 0 Å². The topological polar surface area (TPSA) is 41.1 Å². The lowest BCUT2D eigenvalue weighted by atomic mass is 9.93. The fourth-order valence-corrected chi connectivity index (χ4v) is 3.40. The number of carbonyl (C=O) groups is 1. The van der Waals surface area contributed by atoms with Gasteiger partial charge in [0.05, 0.1) is 6.04 Å². The van der Waals surface area contributed by atoms with Crippen molar-refractivity contribution in [1.82, 2.24) is 10.6 Å². The van der Waals surface area contributed by atoms with Crippen LogP contribution >= 0.6 is 12.4 Å². The molecule has 1 aliphatic rings. The number of halogens is 1. The molecule has 0 bridgehead atoms. The van der Waals surface area contributed by atoms with Gasteiger partial charge in [0, 0.05) is 5.92 Å². The fourth-order valence-electron chi connectivity index (χ4n) is 3.40. The van der Waals surface area contributed by atoms with Gasteiger partial charge in [-0.2, -0.15) is 0 Å². The smallest absolute Gasteiger partial charge is 0.223 e. The highest BCUT2D eigenvalue weighted by Crippen LogP contribution is 2.25. The first-order valence-electron chi connectivity index (χ1n) is 8.78. The van der Waals surface area contributed by atoms with Crippen LogP contribution in [0.2, 0.25) is 0 Å². The number of aryl methyl sites for hydroxylation is 2. The van der Waals surface area contributed by atoms with Crippen LogP contribution in [0.25, 0.3) is 0 Å². The third-order valence-electron chi connectivity index (χ3n) is 4.75. The van der Waals surface area contributed by atoms with Gasteiger partial charge in [-0.05, 0) is 50.9 Å². The minimum absolute atomic E-state index is 0. The molecule has 2 aromatic carbocycles. The molecule has 134 valence electrons. The molecule has 3 nitrogen and oxygen atoms in total. The van der Waals surface area contributed by atoms with E-state index in [1.807, 2.05) is 0 Å². The van der Waals surface area contributed by atoms with Crippen molar-refractivity contribution in [1.29, 1.82) is 0 Å². The molecule has 1 aliphatic heterocycles. The molecule has 1 amide bonds. The predicted octanol–water partition coefficient (Wildman–Crippen LogP) is 3.93. The summed E-state index contributed by atoms with van der Waals surface area (Å²) in [5.41, 5.74) is 4.70. The van der Waals surface area contributed by atoms with E-state index in [-0.39, 0.29) is 30.3 Å².